The molecule has 0 unspecified atom stereocenters. The fourth-order valence-corrected chi connectivity index (χ4v) is 18.1. The molecular weight excluding hydrogens is 681 g/mol. The molecule has 2 heteroatoms. The van der Waals surface area contributed by atoms with Gasteiger partial charge in [0.25, 0.3) is 0 Å². The molecule has 0 aromatic carbocycles. The Kier molecular flexibility index (Phi) is 11.3. The van der Waals surface area contributed by atoms with Gasteiger partial charge in [-0.2, -0.15) is 0 Å². The number of hydrogen-bond donors (Lipinski definition) is 2. The number of hydrogen-bond acceptors (Lipinski definition) is 2. The summed E-state index contributed by atoms with van der Waals surface area (Å²) >= 11 is 0. The second-order valence-corrected chi connectivity index (χ2v) is 25.0. The smallest absolute Gasteiger partial charge is 0.0973 e. The molecule has 8 rings (SSSR count). The van der Waals surface area contributed by atoms with Crippen molar-refractivity contribution in [3.8, 4) is 0 Å². The summed E-state index contributed by atoms with van der Waals surface area (Å²) in [6.45, 7) is 25.4. The summed E-state index contributed by atoms with van der Waals surface area (Å²) in [6.07, 6.45) is 32.4. The number of allylic oxidation sites excluding steroid dienone is 2. The van der Waals surface area contributed by atoms with Gasteiger partial charge < -0.3 is 10.2 Å². The lowest BCUT2D eigenvalue weighted by molar-refractivity contribution is -0.193. The van der Waals surface area contributed by atoms with Gasteiger partial charge in [0.15, 0.2) is 0 Å². The minimum Gasteiger partial charge on any atom is -0.387 e. The first-order valence-corrected chi connectivity index (χ1v) is 25.2. The van der Waals surface area contributed by atoms with Gasteiger partial charge in [0.05, 0.1) is 11.2 Å². The molecule has 0 saturated heterocycles. The Morgan fingerprint density at radius 1 is 0.500 bits per heavy atom. The monoisotopic (exact) mass is 771 g/mol. The highest BCUT2D eigenvalue weighted by Gasteiger charge is 2.65. The molecule has 8 aliphatic carbocycles. The van der Waals surface area contributed by atoms with E-state index >= 15 is 0 Å². The molecule has 0 heterocycles. The van der Waals surface area contributed by atoms with E-state index in [0.29, 0.717) is 23.7 Å². The molecule has 2 N–H and O–H groups in total. The summed E-state index contributed by atoms with van der Waals surface area (Å²) in [5, 5.41) is 25.6. The van der Waals surface area contributed by atoms with Gasteiger partial charge in [-0.05, 0) is 183 Å². The van der Waals surface area contributed by atoms with Crippen molar-refractivity contribution in [2.75, 3.05) is 0 Å². The predicted molar refractivity (Wildman–Crippen MR) is 236 cm³/mol. The van der Waals surface area contributed by atoms with E-state index in [1.807, 2.05) is 0 Å². The fourth-order valence-electron chi connectivity index (χ4n) is 18.1. The summed E-state index contributed by atoms with van der Waals surface area (Å²) in [5.41, 5.74) is 2.42. The Morgan fingerprint density at radius 3 is 1.27 bits per heavy atom. The van der Waals surface area contributed by atoms with Crippen LogP contribution in [0, 0.1) is 92.7 Å². The van der Waals surface area contributed by atoms with Crippen molar-refractivity contribution < 1.29 is 10.2 Å². The maximum absolute atomic E-state index is 12.8. The van der Waals surface area contributed by atoms with Gasteiger partial charge in [0.1, 0.15) is 0 Å². The Bertz CT molecular complexity index is 1380. The number of aliphatic hydroxyl groups is 2. The molecule has 6 saturated carbocycles. The van der Waals surface area contributed by atoms with Crippen LogP contribution in [-0.2, 0) is 0 Å². The first-order chi connectivity index (χ1) is 26.4. The molecular formula is C54H90O2. The summed E-state index contributed by atoms with van der Waals surface area (Å²) in [7, 11) is 0. The molecule has 6 fully saturated rings. The maximum atomic E-state index is 12.8. The molecule has 16 atom stereocenters. The minimum absolute atomic E-state index is 0.189. The summed E-state index contributed by atoms with van der Waals surface area (Å²) < 4.78 is 0. The summed E-state index contributed by atoms with van der Waals surface area (Å²) in [4.78, 5) is 0. The zero-order valence-electron chi connectivity index (χ0n) is 38.5. The van der Waals surface area contributed by atoms with Gasteiger partial charge in [0.2, 0.25) is 0 Å². The van der Waals surface area contributed by atoms with Crippen LogP contribution in [0.3, 0.4) is 0 Å². The van der Waals surface area contributed by atoms with Gasteiger partial charge in [-0.1, -0.05) is 131 Å². The second kappa shape index (κ2) is 15.1. The second-order valence-electron chi connectivity index (χ2n) is 25.0. The zero-order chi connectivity index (χ0) is 40.1. The third-order valence-electron chi connectivity index (χ3n) is 21.6. The molecule has 318 valence electrons. The Morgan fingerprint density at radius 2 is 0.893 bits per heavy atom. The fraction of sp³-hybridized carbons (Fsp3) is 0.926. The van der Waals surface area contributed by atoms with E-state index in [4.69, 9.17) is 0 Å². The minimum atomic E-state index is -1.01. The van der Waals surface area contributed by atoms with Crippen LogP contribution in [0.25, 0.3) is 0 Å². The van der Waals surface area contributed by atoms with Gasteiger partial charge in [-0.25, -0.2) is 0 Å². The largest absolute Gasteiger partial charge is 0.387 e. The van der Waals surface area contributed by atoms with Crippen molar-refractivity contribution in [2.24, 2.45) is 92.7 Å². The van der Waals surface area contributed by atoms with Crippen LogP contribution in [0.2, 0.25) is 0 Å². The molecule has 0 spiro atoms. The first kappa shape index (κ1) is 42.1. The molecule has 8 aliphatic rings. The van der Waals surface area contributed by atoms with Crippen molar-refractivity contribution in [3.63, 3.8) is 0 Å². The van der Waals surface area contributed by atoms with Crippen LogP contribution in [0.5, 0.6) is 0 Å². The van der Waals surface area contributed by atoms with Crippen LogP contribution in [-0.4, -0.2) is 21.4 Å². The van der Waals surface area contributed by atoms with E-state index in [0.717, 1.165) is 96.7 Å². The standard InChI is InChI=1S/C54H90O2/c1-35(2)13-11-15-37(5)43-21-23-45-41-19-17-39-33-53(55,31-29-49(39,7)47(41)25-27-51(43,45)9)54(56)32-30-50(8)40(34-54)18-20-42-46-24-22-44(38(6)16-12-14-36(3)4)52(46,10)28-26-48(42)50/h17-18,35-38,41-48,55-56H,11-16,19-34H2,1-10H3/t37-,38-,41+,42+,43-,44-,45+,46+,47+,48+,49+,50+,51-,52-,53+,54+/m1/s1. The van der Waals surface area contributed by atoms with E-state index < -0.39 is 11.2 Å². The molecule has 0 amide bonds. The SMILES string of the molecule is CC(C)CCC[C@@H](C)[C@H]1CC[C@H]2[C@@H]3CC=C4C[C@](O)([C@]5(O)CC[C@@]6(C)C(=CC[C@H]7[C@@H]8CC[C@H]([C@H](C)CCCC(C)C)[C@@]8(C)CC[C@@H]76)C5)CC[C@]4(C)[C@H]3CC[C@]12C. The molecule has 56 heavy (non-hydrogen) atoms. The average Bonchev–Trinajstić information content (AvgIpc) is 3.69. The molecule has 0 radical (unpaired) electrons. The van der Waals surface area contributed by atoms with Gasteiger partial charge in [0, 0.05) is 12.8 Å². The van der Waals surface area contributed by atoms with Crippen LogP contribution >= 0.6 is 0 Å². The van der Waals surface area contributed by atoms with Gasteiger partial charge in [-0.15, -0.1) is 0 Å². The van der Waals surface area contributed by atoms with Crippen molar-refractivity contribution >= 4 is 0 Å². The third-order valence-corrected chi connectivity index (χ3v) is 21.6. The van der Waals surface area contributed by atoms with Gasteiger partial charge in [-0.3, -0.25) is 0 Å². The lowest BCUT2D eigenvalue weighted by Crippen LogP contribution is -2.62. The molecule has 0 aliphatic heterocycles. The lowest BCUT2D eigenvalue weighted by atomic mass is 9.43. The Labute approximate surface area is 346 Å². The average molecular weight is 771 g/mol. The van der Waals surface area contributed by atoms with Crippen molar-refractivity contribution in [3.05, 3.63) is 23.3 Å². The maximum Gasteiger partial charge on any atom is 0.0973 e. The number of fused-ring (bicyclic) bond motifs is 10. The summed E-state index contributed by atoms with van der Waals surface area (Å²) in [6, 6.07) is 0. The van der Waals surface area contributed by atoms with E-state index in [1.54, 1.807) is 0 Å². The zero-order valence-corrected chi connectivity index (χ0v) is 38.5. The third kappa shape index (κ3) is 6.66. The van der Waals surface area contributed by atoms with Gasteiger partial charge >= 0.3 is 0 Å². The predicted octanol–water partition coefficient (Wildman–Crippen LogP) is 14.5. The molecule has 2 nitrogen and oxygen atoms in total. The lowest BCUT2D eigenvalue weighted by Gasteiger charge is -2.63. The normalized spacial score (nSPS) is 49.5. The Hall–Kier alpha value is -0.600. The van der Waals surface area contributed by atoms with Crippen LogP contribution in [0.1, 0.15) is 210 Å². The van der Waals surface area contributed by atoms with E-state index in [9.17, 15) is 10.2 Å². The van der Waals surface area contributed by atoms with Crippen LogP contribution in [0.4, 0.5) is 0 Å². The molecule has 0 aromatic heterocycles. The highest BCUT2D eigenvalue weighted by molar-refractivity contribution is 5.33. The number of rotatable bonds is 11. The molecule has 0 aromatic rings. The van der Waals surface area contributed by atoms with Crippen molar-refractivity contribution in [2.45, 2.75) is 222 Å². The van der Waals surface area contributed by atoms with E-state index in [-0.39, 0.29) is 10.8 Å². The Balaban J connectivity index is 0.943. The summed E-state index contributed by atoms with van der Waals surface area (Å²) in [5.74, 6) is 9.98. The van der Waals surface area contributed by atoms with E-state index in [1.165, 1.54) is 114 Å². The van der Waals surface area contributed by atoms with Crippen LogP contribution < -0.4 is 0 Å². The van der Waals surface area contributed by atoms with Crippen molar-refractivity contribution in [1.29, 1.82) is 0 Å². The highest BCUT2D eigenvalue weighted by Crippen LogP contribution is 2.71. The molecule has 0 bridgehead atoms. The van der Waals surface area contributed by atoms with Crippen LogP contribution in [0.15, 0.2) is 23.3 Å². The van der Waals surface area contributed by atoms with E-state index in [2.05, 4.69) is 81.4 Å². The topological polar surface area (TPSA) is 40.5 Å². The van der Waals surface area contributed by atoms with Crippen molar-refractivity contribution in [1.82, 2.24) is 0 Å². The first-order valence-electron chi connectivity index (χ1n) is 25.2. The highest BCUT2D eigenvalue weighted by atomic mass is 16.4. The quantitative estimate of drug-likeness (QED) is 0.205.